The van der Waals surface area contributed by atoms with E-state index < -0.39 is 11.9 Å². The molecule has 1 aromatic rings. The van der Waals surface area contributed by atoms with Gasteiger partial charge in [-0.15, -0.1) is 0 Å². The number of carboxylic acids is 1. The van der Waals surface area contributed by atoms with Crippen LogP contribution in [0.5, 0.6) is 0 Å². The minimum atomic E-state index is -0.982. The maximum Gasteiger partial charge on any atom is 0.308 e. The average Bonchev–Trinajstić information content (AvgIpc) is 2.59. The van der Waals surface area contributed by atoms with Crippen molar-refractivity contribution >= 4 is 17.8 Å². The fraction of sp³-hybridized carbons (Fsp3) is 0.556. The first-order valence-electron chi connectivity index (χ1n) is 8.61. The second-order valence-corrected chi connectivity index (χ2v) is 6.54. The van der Waals surface area contributed by atoms with E-state index in [-0.39, 0.29) is 24.3 Å². The molecule has 0 spiro atoms. The first-order valence-corrected chi connectivity index (χ1v) is 8.61. The summed E-state index contributed by atoms with van der Waals surface area (Å²) < 4.78 is 0. The predicted octanol–water partition coefficient (Wildman–Crippen LogP) is 1.74. The zero-order valence-corrected chi connectivity index (χ0v) is 14.7. The number of pyridine rings is 1. The molecule has 2 amide bonds. The summed E-state index contributed by atoms with van der Waals surface area (Å²) in [5.74, 6) is -2.26. The van der Waals surface area contributed by atoms with Crippen LogP contribution in [0.25, 0.3) is 0 Å². The summed E-state index contributed by atoms with van der Waals surface area (Å²) in [7, 11) is 0. The lowest BCUT2D eigenvalue weighted by Gasteiger charge is -2.40. The molecule has 1 N–H and O–H groups in total. The highest BCUT2D eigenvalue weighted by molar-refractivity contribution is 5.83. The summed E-state index contributed by atoms with van der Waals surface area (Å²) >= 11 is 0. The smallest absolute Gasteiger partial charge is 0.308 e. The van der Waals surface area contributed by atoms with Crippen molar-refractivity contribution in [2.45, 2.75) is 39.5 Å². The van der Waals surface area contributed by atoms with Gasteiger partial charge >= 0.3 is 5.97 Å². The largest absolute Gasteiger partial charge is 0.481 e. The maximum absolute atomic E-state index is 12.8. The highest BCUT2D eigenvalue weighted by Gasteiger charge is 2.34. The van der Waals surface area contributed by atoms with Gasteiger partial charge in [0.2, 0.25) is 11.8 Å². The average molecular weight is 347 g/mol. The molecule has 1 aromatic heterocycles. The number of hydrogen-bond donors (Lipinski definition) is 1. The highest BCUT2D eigenvalue weighted by atomic mass is 16.4. The molecule has 7 heteroatoms. The van der Waals surface area contributed by atoms with Gasteiger partial charge in [-0.2, -0.15) is 0 Å². The molecule has 1 aliphatic heterocycles. The van der Waals surface area contributed by atoms with Gasteiger partial charge in [-0.1, -0.05) is 6.92 Å². The lowest BCUT2D eigenvalue weighted by molar-refractivity contribution is -0.172. The maximum atomic E-state index is 12.8. The molecule has 0 aromatic carbocycles. The van der Waals surface area contributed by atoms with Crippen LogP contribution < -0.4 is 0 Å². The summed E-state index contributed by atoms with van der Waals surface area (Å²) in [5.41, 5.74) is 1.13. The number of rotatable bonds is 7. The zero-order chi connectivity index (χ0) is 18.4. The third-order valence-electron chi connectivity index (χ3n) is 4.58. The van der Waals surface area contributed by atoms with E-state index in [0.29, 0.717) is 13.0 Å². The minimum absolute atomic E-state index is 0.00742. The third-order valence-corrected chi connectivity index (χ3v) is 4.58. The second kappa shape index (κ2) is 8.60. The number of piperidine rings is 1. The van der Waals surface area contributed by atoms with Crippen molar-refractivity contribution in [2.75, 3.05) is 13.1 Å². The Morgan fingerprint density at radius 2 is 2.08 bits per heavy atom. The van der Waals surface area contributed by atoms with Crippen molar-refractivity contribution in [2.24, 2.45) is 11.8 Å². The van der Waals surface area contributed by atoms with E-state index in [4.69, 9.17) is 5.11 Å². The van der Waals surface area contributed by atoms with Crippen LogP contribution in [-0.2, 0) is 20.8 Å². The Bertz CT molecular complexity index is 620. The monoisotopic (exact) mass is 347 g/mol. The zero-order valence-electron chi connectivity index (χ0n) is 14.7. The van der Waals surface area contributed by atoms with E-state index in [1.165, 1.54) is 23.9 Å². The number of carbonyl (C=O) groups is 3. The van der Waals surface area contributed by atoms with Crippen molar-refractivity contribution in [3.8, 4) is 0 Å². The van der Waals surface area contributed by atoms with E-state index in [2.05, 4.69) is 4.98 Å². The fourth-order valence-electron chi connectivity index (χ4n) is 3.06. The molecule has 0 aliphatic carbocycles. The summed E-state index contributed by atoms with van der Waals surface area (Å²) in [6, 6.07) is 3.86. The van der Waals surface area contributed by atoms with Crippen LogP contribution in [0.2, 0.25) is 0 Å². The second-order valence-electron chi connectivity index (χ2n) is 6.54. The lowest BCUT2D eigenvalue weighted by atomic mass is 9.91. The van der Waals surface area contributed by atoms with E-state index in [1.54, 1.807) is 12.4 Å². The van der Waals surface area contributed by atoms with Gasteiger partial charge in [0.15, 0.2) is 0 Å². The summed E-state index contributed by atoms with van der Waals surface area (Å²) in [6.07, 6.45) is 6.54. The topological polar surface area (TPSA) is 90.8 Å². The molecule has 136 valence electrons. The molecule has 7 nitrogen and oxygen atoms in total. The van der Waals surface area contributed by atoms with Crippen molar-refractivity contribution in [3.05, 3.63) is 30.1 Å². The van der Waals surface area contributed by atoms with Crippen LogP contribution in [0.1, 0.15) is 38.7 Å². The predicted molar refractivity (Wildman–Crippen MR) is 91.2 cm³/mol. The summed E-state index contributed by atoms with van der Waals surface area (Å²) in [4.78, 5) is 39.9. The first kappa shape index (κ1) is 18.9. The molecule has 0 saturated carbocycles. The molecule has 1 fully saturated rings. The van der Waals surface area contributed by atoms with Crippen molar-refractivity contribution in [3.63, 3.8) is 0 Å². The number of hydrogen-bond acceptors (Lipinski definition) is 4. The Hall–Kier alpha value is -2.44. The van der Waals surface area contributed by atoms with Crippen LogP contribution in [0.15, 0.2) is 24.5 Å². The molecule has 0 bridgehead atoms. The molecule has 0 radical (unpaired) electrons. The normalized spacial score (nSPS) is 18.7. The first-order chi connectivity index (χ1) is 11.9. The van der Waals surface area contributed by atoms with E-state index in [1.807, 2.05) is 12.1 Å². The van der Waals surface area contributed by atoms with Crippen molar-refractivity contribution in [1.82, 2.24) is 15.0 Å². The highest BCUT2D eigenvalue weighted by Crippen LogP contribution is 2.24. The van der Waals surface area contributed by atoms with Gasteiger partial charge < -0.3 is 5.11 Å². The molecule has 1 saturated heterocycles. The van der Waals surface area contributed by atoms with E-state index in [9.17, 15) is 14.4 Å². The standard InChI is InChI=1S/C18H25N3O4/c1-13(18(24)25)12-21(14(2)22)20-11-3-4-16(17(20)23)6-5-15-7-9-19-10-8-15/h7-10,13,16H,3-6,11-12H2,1-2H3,(H,24,25)/t13-,16+/m1/s1. The number of amides is 2. The number of nitrogens with zero attached hydrogens (tertiary/aromatic N) is 3. The van der Waals surface area contributed by atoms with Crippen LogP contribution in [0, 0.1) is 11.8 Å². The Kier molecular flexibility index (Phi) is 6.50. The molecule has 2 heterocycles. The number of aliphatic carboxylic acids is 1. The van der Waals surface area contributed by atoms with Crippen LogP contribution in [0.4, 0.5) is 0 Å². The summed E-state index contributed by atoms with van der Waals surface area (Å²) in [6.45, 7) is 3.36. The SMILES string of the molecule is CC(=O)N(C[C@@H](C)C(=O)O)N1CCC[C@@H](CCc2ccncc2)C1=O. The Balaban J connectivity index is 2.03. The molecule has 0 unspecified atom stereocenters. The Morgan fingerprint density at radius 1 is 1.40 bits per heavy atom. The number of hydrazine groups is 1. The quantitative estimate of drug-likeness (QED) is 0.811. The Morgan fingerprint density at radius 3 is 2.68 bits per heavy atom. The van der Waals surface area contributed by atoms with Gasteiger partial charge in [-0.3, -0.25) is 29.4 Å². The van der Waals surface area contributed by atoms with Crippen LogP contribution in [-0.4, -0.2) is 51.0 Å². The molecule has 2 atom stereocenters. The minimum Gasteiger partial charge on any atom is -0.481 e. The van der Waals surface area contributed by atoms with Gasteiger partial charge in [-0.05, 0) is 43.4 Å². The van der Waals surface area contributed by atoms with Gasteiger partial charge in [0.1, 0.15) is 0 Å². The lowest BCUT2D eigenvalue weighted by Crippen LogP contribution is -2.55. The van der Waals surface area contributed by atoms with Crippen LogP contribution in [0.3, 0.4) is 0 Å². The van der Waals surface area contributed by atoms with Gasteiger partial charge in [0.25, 0.3) is 0 Å². The van der Waals surface area contributed by atoms with Gasteiger partial charge in [0.05, 0.1) is 12.5 Å². The van der Waals surface area contributed by atoms with Gasteiger partial charge in [0, 0.05) is 31.8 Å². The Labute approximate surface area is 147 Å². The molecule has 1 aliphatic rings. The van der Waals surface area contributed by atoms with Crippen LogP contribution >= 0.6 is 0 Å². The van der Waals surface area contributed by atoms with E-state index in [0.717, 1.165) is 24.8 Å². The summed E-state index contributed by atoms with van der Waals surface area (Å²) in [5, 5.41) is 11.8. The molecular formula is C18H25N3O4. The van der Waals surface area contributed by atoms with E-state index >= 15 is 0 Å². The van der Waals surface area contributed by atoms with Crippen molar-refractivity contribution < 1.29 is 19.5 Å². The number of aromatic nitrogens is 1. The molecule has 2 rings (SSSR count). The third kappa shape index (κ3) is 5.01. The molecule has 25 heavy (non-hydrogen) atoms. The van der Waals surface area contributed by atoms with Gasteiger partial charge in [-0.25, -0.2) is 0 Å². The number of aryl methyl sites for hydroxylation is 1. The fourth-order valence-corrected chi connectivity index (χ4v) is 3.06. The number of carbonyl (C=O) groups excluding carboxylic acids is 2. The number of carboxylic acid groups (broad SMARTS) is 1. The molecular weight excluding hydrogens is 322 g/mol. The van der Waals surface area contributed by atoms with Crippen molar-refractivity contribution in [1.29, 1.82) is 0 Å².